The summed E-state index contributed by atoms with van der Waals surface area (Å²) in [6.45, 7) is 2.48. The van der Waals surface area contributed by atoms with Gasteiger partial charge in [0.1, 0.15) is 17.1 Å². The Morgan fingerprint density at radius 3 is 2.62 bits per heavy atom. The molecule has 4 aromatic rings. The van der Waals surface area contributed by atoms with E-state index >= 15 is 0 Å². The molecule has 29 heavy (non-hydrogen) atoms. The summed E-state index contributed by atoms with van der Waals surface area (Å²) in [6.07, 6.45) is 1.57. The lowest BCUT2D eigenvalue weighted by Gasteiger charge is -2.10. The fourth-order valence-corrected chi connectivity index (χ4v) is 3.62. The summed E-state index contributed by atoms with van der Waals surface area (Å²) in [5.41, 5.74) is 2.21. The fourth-order valence-electron chi connectivity index (χ4n) is 2.58. The Hall–Kier alpha value is -3.37. The topological polar surface area (TPSA) is 93.4 Å². The van der Waals surface area contributed by atoms with Crippen molar-refractivity contribution in [2.45, 2.75) is 6.92 Å². The number of carbonyl (C=O) groups excluding carboxylic acids is 1. The molecule has 2 aromatic carbocycles. The van der Waals surface area contributed by atoms with Gasteiger partial charge < -0.3 is 10.1 Å². The second kappa shape index (κ2) is 8.33. The molecule has 0 aliphatic heterocycles. The van der Waals surface area contributed by atoms with Gasteiger partial charge in [0.05, 0.1) is 6.61 Å². The van der Waals surface area contributed by atoms with Crippen LogP contribution in [0.5, 0.6) is 5.75 Å². The zero-order valence-electron chi connectivity index (χ0n) is 15.3. The molecule has 2 heterocycles. The number of fused-ring (bicyclic) bond motifs is 1. The number of amides is 1. The van der Waals surface area contributed by atoms with Crippen LogP contribution in [0.4, 0.5) is 5.69 Å². The van der Waals surface area contributed by atoms with Crippen LogP contribution in [0, 0.1) is 0 Å². The van der Waals surface area contributed by atoms with Crippen molar-refractivity contribution < 1.29 is 9.53 Å². The SMILES string of the molecule is CCOc1ccc(C(=O)NC(=S)Nc2ccc(-c3nn4cnnc4s3)cc2)cc1. The average molecular weight is 425 g/mol. The molecule has 2 aromatic heterocycles. The Kier molecular flexibility index (Phi) is 5.45. The number of ether oxygens (including phenoxy) is 1. The number of hydrogen-bond donors (Lipinski definition) is 2. The average Bonchev–Trinajstić information content (AvgIpc) is 3.31. The standard InChI is InChI=1S/C19H16N6O2S2/c1-2-27-15-9-5-12(6-10-15)16(26)22-18(28)21-14-7-3-13(4-8-14)17-24-25-11-20-23-19(25)29-17/h3-11H,2H2,1H3,(H2,21,22,26,28). The van der Waals surface area contributed by atoms with E-state index in [0.29, 0.717) is 12.2 Å². The highest BCUT2D eigenvalue weighted by molar-refractivity contribution is 7.80. The third-order valence-corrected chi connectivity index (χ3v) is 5.10. The Morgan fingerprint density at radius 1 is 1.17 bits per heavy atom. The summed E-state index contributed by atoms with van der Waals surface area (Å²) < 4.78 is 7.01. The lowest BCUT2D eigenvalue weighted by atomic mass is 10.2. The minimum Gasteiger partial charge on any atom is -0.494 e. The number of benzene rings is 2. The maximum absolute atomic E-state index is 12.3. The summed E-state index contributed by atoms with van der Waals surface area (Å²) in [4.78, 5) is 13.1. The lowest BCUT2D eigenvalue weighted by molar-refractivity contribution is 0.0977. The van der Waals surface area contributed by atoms with E-state index in [1.165, 1.54) is 11.3 Å². The highest BCUT2D eigenvalue weighted by atomic mass is 32.1. The minimum absolute atomic E-state index is 0.218. The van der Waals surface area contributed by atoms with Gasteiger partial charge in [0.25, 0.3) is 5.91 Å². The Balaban J connectivity index is 1.36. The third-order valence-electron chi connectivity index (χ3n) is 3.93. The summed E-state index contributed by atoms with van der Waals surface area (Å²) in [5, 5.41) is 18.9. The van der Waals surface area contributed by atoms with E-state index in [9.17, 15) is 4.79 Å². The Bertz CT molecular complexity index is 1120. The Morgan fingerprint density at radius 2 is 1.93 bits per heavy atom. The zero-order valence-corrected chi connectivity index (χ0v) is 17.0. The van der Waals surface area contributed by atoms with Gasteiger partial charge in [-0.15, -0.1) is 10.2 Å². The maximum atomic E-state index is 12.3. The zero-order chi connectivity index (χ0) is 20.2. The van der Waals surface area contributed by atoms with Gasteiger partial charge in [-0.25, -0.2) is 0 Å². The quantitative estimate of drug-likeness (QED) is 0.474. The predicted molar refractivity (Wildman–Crippen MR) is 115 cm³/mol. The van der Waals surface area contributed by atoms with E-state index in [0.717, 1.165) is 27.0 Å². The predicted octanol–water partition coefficient (Wildman–Crippen LogP) is 3.38. The first-order valence-electron chi connectivity index (χ1n) is 8.75. The number of rotatable bonds is 5. The molecule has 0 atom stereocenters. The van der Waals surface area contributed by atoms with Crippen molar-refractivity contribution in [3.05, 3.63) is 60.4 Å². The van der Waals surface area contributed by atoms with Crippen LogP contribution >= 0.6 is 23.6 Å². The van der Waals surface area contributed by atoms with E-state index in [4.69, 9.17) is 17.0 Å². The Labute approximate surface area is 175 Å². The molecule has 4 rings (SSSR count). The summed E-state index contributed by atoms with van der Waals surface area (Å²) in [7, 11) is 0. The number of aromatic nitrogens is 4. The number of hydrogen-bond acceptors (Lipinski definition) is 7. The van der Waals surface area contributed by atoms with E-state index in [1.54, 1.807) is 35.1 Å². The van der Waals surface area contributed by atoms with Crippen LogP contribution in [0.2, 0.25) is 0 Å². The van der Waals surface area contributed by atoms with E-state index in [2.05, 4.69) is 25.9 Å². The van der Waals surface area contributed by atoms with Crippen molar-refractivity contribution in [1.29, 1.82) is 0 Å². The monoisotopic (exact) mass is 424 g/mol. The third kappa shape index (κ3) is 4.39. The molecule has 0 aliphatic rings. The molecule has 0 spiro atoms. The van der Waals surface area contributed by atoms with Gasteiger partial charge in [-0.3, -0.25) is 10.1 Å². The number of anilines is 1. The van der Waals surface area contributed by atoms with Crippen molar-refractivity contribution in [2.75, 3.05) is 11.9 Å². The first-order chi connectivity index (χ1) is 14.1. The molecule has 10 heteroatoms. The molecule has 0 aliphatic carbocycles. The molecule has 0 saturated carbocycles. The van der Waals surface area contributed by atoms with Crippen LogP contribution in [0.25, 0.3) is 15.5 Å². The molecule has 2 N–H and O–H groups in total. The first kappa shape index (κ1) is 19.0. The van der Waals surface area contributed by atoms with Crippen molar-refractivity contribution in [2.24, 2.45) is 0 Å². The fraction of sp³-hybridized carbons (Fsp3) is 0.105. The second-order valence-corrected chi connectivity index (χ2v) is 7.27. The molecular formula is C19H16N6O2S2. The van der Waals surface area contributed by atoms with Crippen molar-refractivity contribution in [1.82, 2.24) is 25.1 Å². The molecule has 146 valence electrons. The molecular weight excluding hydrogens is 408 g/mol. The summed E-state index contributed by atoms with van der Waals surface area (Å²) in [5.74, 6) is 0.427. The van der Waals surface area contributed by atoms with E-state index in [1.807, 2.05) is 31.2 Å². The van der Waals surface area contributed by atoms with E-state index in [-0.39, 0.29) is 11.0 Å². The van der Waals surface area contributed by atoms with Crippen LogP contribution in [0.15, 0.2) is 54.9 Å². The molecule has 8 nitrogen and oxygen atoms in total. The molecule has 0 bridgehead atoms. The van der Waals surface area contributed by atoms with Crippen molar-refractivity contribution in [3.8, 4) is 16.3 Å². The van der Waals surface area contributed by atoms with Crippen LogP contribution < -0.4 is 15.4 Å². The van der Waals surface area contributed by atoms with Gasteiger partial charge in [0.15, 0.2) is 5.11 Å². The molecule has 1 amide bonds. The smallest absolute Gasteiger partial charge is 0.257 e. The van der Waals surface area contributed by atoms with Gasteiger partial charge in [-0.1, -0.05) is 11.3 Å². The minimum atomic E-state index is -0.290. The van der Waals surface area contributed by atoms with Gasteiger partial charge in [0.2, 0.25) is 4.96 Å². The van der Waals surface area contributed by atoms with Crippen molar-refractivity contribution in [3.63, 3.8) is 0 Å². The van der Waals surface area contributed by atoms with Crippen LogP contribution in [-0.2, 0) is 0 Å². The highest BCUT2D eigenvalue weighted by Crippen LogP contribution is 2.25. The molecule has 0 radical (unpaired) electrons. The van der Waals surface area contributed by atoms with Crippen LogP contribution in [0.1, 0.15) is 17.3 Å². The molecule has 0 unspecified atom stereocenters. The van der Waals surface area contributed by atoms with Crippen LogP contribution in [0.3, 0.4) is 0 Å². The maximum Gasteiger partial charge on any atom is 0.257 e. The normalized spacial score (nSPS) is 10.7. The summed E-state index contributed by atoms with van der Waals surface area (Å²) >= 11 is 6.69. The van der Waals surface area contributed by atoms with Gasteiger partial charge >= 0.3 is 0 Å². The number of carbonyl (C=O) groups is 1. The van der Waals surface area contributed by atoms with E-state index < -0.39 is 0 Å². The van der Waals surface area contributed by atoms with Gasteiger partial charge in [0, 0.05) is 16.8 Å². The number of nitrogens with one attached hydrogen (secondary N) is 2. The number of nitrogens with zero attached hydrogens (tertiary/aromatic N) is 4. The van der Waals surface area contributed by atoms with Gasteiger partial charge in [-0.05, 0) is 67.7 Å². The lowest BCUT2D eigenvalue weighted by Crippen LogP contribution is -2.34. The second-order valence-electron chi connectivity index (χ2n) is 5.91. The van der Waals surface area contributed by atoms with Crippen LogP contribution in [-0.4, -0.2) is 37.4 Å². The largest absolute Gasteiger partial charge is 0.494 e. The molecule has 0 fully saturated rings. The highest BCUT2D eigenvalue weighted by Gasteiger charge is 2.10. The first-order valence-corrected chi connectivity index (χ1v) is 9.97. The molecule has 0 saturated heterocycles. The number of thiocarbonyl (C=S) groups is 1. The summed E-state index contributed by atoms with van der Waals surface area (Å²) in [6, 6.07) is 14.5. The van der Waals surface area contributed by atoms with Crippen molar-refractivity contribution >= 4 is 45.2 Å². The van der Waals surface area contributed by atoms with Gasteiger partial charge in [-0.2, -0.15) is 9.61 Å².